The molecule has 0 aliphatic heterocycles. The fourth-order valence-corrected chi connectivity index (χ4v) is 12.1. The number of ether oxygens (including phenoxy) is 1. The summed E-state index contributed by atoms with van der Waals surface area (Å²) in [5, 5.41) is 2.41. The summed E-state index contributed by atoms with van der Waals surface area (Å²) in [7, 11) is -10.2. The largest absolute Gasteiger partial charge is 0.497 e. The highest BCUT2D eigenvalue weighted by Crippen LogP contribution is 2.37. The molecular weight excluding hydrogens is 1140 g/mol. The van der Waals surface area contributed by atoms with Gasteiger partial charge in [0, 0.05) is 77.5 Å². The Kier molecular flexibility index (Phi) is 16.7. The van der Waals surface area contributed by atoms with E-state index in [2.05, 4.69) is 44.1 Å². The molecule has 0 aliphatic carbocycles. The summed E-state index contributed by atoms with van der Waals surface area (Å²) >= 11 is 0. The zero-order valence-corrected chi connectivity index (χ0v) is 46.4. The summed E-state index contributed by atoms with van der Waals surface area (Å²) < 4.78 is 128. The van der Waals surface area contributed by atoms with Crippen LogP contribution in [0.3, 0.4) is 0 Å². The number of hydrogen-bond donors (Lipinski definition) is 3. The van der Waals surface area contributed by atoms with Crippen molar-refractivity contribution in [2.75, 3.05) is 21.3 Å². The van der Waals surface area contributed by atoms with Crippen molar-refractivity contribution in [2.45, 2.75) is 20.9 Å². The maximum atomic E-state index is 13.0. The van der Waals surface area contributed by atoms with Gasteiger partial charge in [0.25, 0.3) is 30.1 Å². The van der Waals surface area contributed by atoms with Gasteiger partial charge in [-0.25, -0.2) is 25.3 Å². The normalized spacial score (nSPS) is 11.6. The number of nitrogens with zero attached hydrogens (tertiary/aromatic N) is 6. The van der Waals surface area contributed by atoms with Gasteiger partial charge >= 0.3 is 6.18 Å². The number of alkyl halides is 3. The summed E-state index contributed by atoms with van der Waals surface area (Å²) in [6.45, 7) is 0. The first kappa shape index (κ1) is 57.1. The van der Waals surface area contributed by atoms with Crippen molar-refractivity contribution in [2.24, 2.45) is 0 Å². The highest BCUT2D eigenvalue weighted by molar-refractivity contribution is 7.93. The van der Waals surface area contributed by atoms with E-state index in [9.17, 15) is 38.4 Å². The number of pyridine rings is 6. The van der Waals surface area contributed by atoms with E-state index >= 15 is 0 Å². The van der Waals surface area contributed by atoms with Crippen molar-refractivity contribution >= 4 is 79.8 Å². The van der Waals surface area contributed by atoms with Crippen LogP contribution >= 0.6 is 0 Å². The number of halogens is 3. The molecule has 12 aromatic rings. The Morgan fingerprint density at radius 3 is 1.30 bits per heavy atom. The number of nitrogens with one attached hydrogen (secondary N) is 3. The van der Waals surface area contributed by atoms with E-state index in [0.717, 1.165) is 62.4 Å². The molecule has 16 nitrogen and oxygen atoms in total. The molecule has 0 saturated carbocycles. The summed E-state index contributed by atoms with van der Waals surface area (Å²) in [6, 6.07) is 51.8. The molecular formula is C62H46F3N9O7S3. The molecule has 0 aliphatic rings. The van der Waals surface area contributed by atoms with Gasteiger partial charge in [-0.2, -0.15) is 13.2 Å². The molecule has 0 radical (unpaired) electrons. The van der Waals surface area contributed by atoms with Crippen LogP contribution in [0.1, 0.15) is 5.56 Å². The molecule has 3 N–H and O–H groups in total. The molecule has 420 valence electrons. The molecule has 0 fully saturated rings. The third-order valence-electron chi connectivity index (χ3n) is 12.9. The molecule has 12 rings (SSSR count). The molecule has 22 heteroatoms. The maximum absolute atomic E-state index is 13.0. The minimum atomic E-state index is -4.65. The SMILES string of the molecule is COc1ccc(S(=O)(=O)Nc2ccc(-c3ccncc3)c3cccnc23)cc1.O=S(=O)(Nc1ccc(-c2ccccc2)c2cccnc12)c1cccnc1.O=S(=O)(Nc1ccc(-c2cccnc2)c2cccnc12)c1cccc(C(F)(F)F)c1. The van der Waals surface area contributed by atoms with Gasteiger partial charge in [0.1, 0.15) is 10.6 Å². The van der Waals surface area contributed by atoms with Crippen LogP contribution in [-0.2, 0) is 36.2 Å². The highest BCUT2D eigenvalue weighted by atomic mass is 32.2. The number of anilines is 3. The molecule has 84 heavy (non-hydrogen) atoms. The van der Waals surface area contributed by atoms with Crippen molar-refractivity contribution in [1.29, 1.82) is 0 Å². The lowest BCUT2D eigenvalue weighted by Crippen LogP contribution is -2.15. The first-order valence-corrected chi connectivity index (χ1v) is 29.7. The Morgan fingerprint density at radius 2 is 0.821 bits per heavy atom. The van der Waals surface area contributed by atoms with E-state index in [1.807, 2.05) is 84.9 Å². The number of methoxy groups -OCH3 is 1. The second-order valence-electron chi connectivity index (χ2n) is 18.2. The first-order chi connectivity index (χ1) is 40.5. The maximum Gasteiger partial charge on any atom is 0.416 e. The summed E-state index contributed by atoms with van der Waals surface area (Å²) in [6.07, 6.45) is 9.76. The number of fused-ring (bicyclic) bond motifs is 3. The molecule has 0 saturated heterocycles. The van der Waals surface area contributed by atoms with Gasteiger partial charge in [-0.05, 0) is 137 Å². The monoisotopic (exact) mass is 1180 g/mol. The van der Waals surface area contributed by atoms with Gasteiger partial charge in [-0.1, -0.05) is 78.9 Å². The van der Waals surface area contributed by atoms with Crippen LogP contribution in [0.25, 0.3) is 66.1 Å². The van der Waals surface area contributed by atoms with Gasteiger partial charge in [0.15, 0.2) is 0 Å². The van der Waals surface area contributed by atoms with Gasteiger partial charge < -0.3 is 4.74 Å². The Balaban J connectivity index is 0.000000141. The lowest BCUT2D eigenvalue weighted by atomic mass is 10.00. The van der Waals surface area contributed by atoms with Crippen molar-refractivity contribution in [3.8, 4) is 39.1 Å². The van der Waals surface area contributed by atoms with Crippen molar-refractivity contribution in [1.82, 2.24) is 29.9 Å². The van der Waals surface area contributed by atoms with Crippen molar-refractivity contribution in [3.05, 3.63) is 249 Å². The molecule has 6 aromatic carbocycles. The van der Waals surface area contributed by atoms with Crippen LogP contribution < -0.4 is 18.9 Å². The third kappa shape index (κ3) is 13.0. The van der Waals surface area contributed by atoms with E-state index in [1.54, 1.807) is 91.8 Å². The lowest BCUT2D eigenvalue weighted by Gasteiger charge is -2.14. The second kappa shape index (κ2) is 24.5. The predicted molar refractivity (Wildman–Crippen MR) is 318 cm³/mol. The number of rotatable bonds is 13. The number of sulfonamides is 3. The van der Waals surface area contributed by atoms with Crippen LogP contribution in [-0.4, -0.2) is 62.3 Å². The average Bonchev–Trinajstić information content (AvgIpc) is 2.10. The quantitative estimate of drug-likeness (QED) is 0.0978. The molecule has 6 heterocycles. The Morgan fingerprint density at radius 1 is 0.381 bits per heavy atom. The Bertz CT molecular complexity index is 4660. The molecule has 0 spiro atoms. The predicted octanol–water partition coefficient (Wildman–Crippen LogP) is 13.3. The van der Waals surface area contributed by atoms with Crippen LogP contribution in [0.2, 0.25) is 0 Å². The van der Waals surface area contributed by atoms with Crippen molar-refractivity contribution in [3.63, 3.8) is 0 Å². The van der Waals surface area contributed by atoms with E-state index in [0.29, 0.717) is 45.1 Å². The van der Waals surface area contributed by atoms with E-state index in [1.165, 1.54) is 50.0 Å². The van der Waals surface area contributed by atoms with Crippen molar-refractivity contribution < 1.29 is 43.2 Å². The standard InChI is InChI=1S/C21H14F3N3O2S.C21H17N3O3S.C20H15N3O2S/c22-21(23,24)15-5-1-6-16(12-15)30(28,29)27-19-9-8-17(14-4-2-10-25-13-14)18-7-3-11-26-20(18)19;1-27-16-4-6-17(7-5-16)28(25,26)24-20-9-8-18(15-10-13-22-14-11-15)19-3-2-12-23-21(19)20;24-26(25,16-8-4-12-21-14-16)23-19-11-10-17(15-6-2-1-3-7-15)18-9-5-13-22-20(18)19/h1-13,27H;2-14,24H,1H3;1-14,23H. The third-order valence-corrected chi connectivity index (χ3v) is 17.0. The summed E-state index contributed by atoms with van der Waals surface area (Å²) in [5.74, 6) is 0.591. The van der Waals surface area contributed by atoms with Crippen LogP contribution in [0.4, 0.5) is 30.2 Å². The average molecular weight is 1180 g/mol. The Labute approximate surface area is 481 Å². The van der Waals surface area contributed by atoms with E-state index < -0.39 is 46.7 Å². The Hall–Kier alpha value is -10.2. The van der Waals surface area contributed by atoms with E-state index in [-0.39, 0.29) is 15.5 Å². The molecule has 0 bridgehead atoms. The van der Waals surface area contributed by atoms with Gasteiger partial charge in [0.05, 0.1) is 56.1 Å². The van der Waals surface area contributed by atoms with Crippen LogP contribution in [0.5, 0.6) is 5.75 Å². The van der Waals surface area contributed by atoms with Crippen LogP contribution in [0.15, 0.2) is 259 Å². The molecule has 6 aromatic heterocycles. The minimum Gasteiger partial charge on any atom is -0.497 e. The molecule has 0 amide bonds. The highest BCUT2D eigenvalue weighted by Gasteiger charge is 2.32. The summed E-state index contributed by atoms with van der Waals surface area (Å²) in [5.41, 5.74) is 7.13. The first-order valence-electron chi connectivity index (χ1n) is 25.3. The fraction of sp³-hybridized carbons (Fsp3) is 0.0323. The molecule has 0 atom stereocenters. The summed E-state index contributed by atoms with van der Waals surface area (Å²) in [4.78, 5) is 24.9. The fourth-order valence-electron chi connectivity index (χ4n) is 8.90. The van der Waals surface area contributed by atoms with Crippen LogP contribution in [0, 0.1) is 0 Å². The second-order valence-corrected chi connectivity index (χ2v) is 23.3. The number of benzene rings is 6. The molecule has 0 unspecified atom stereocenters. The zero-order chi connectivity index (χ0) is 58.9. The topological polar surface area (TPSA) is 225 Å². The number of hydrogen-bond acceptors (Lipinski definition) is 13. The smallest absolute Gasteiger partial charge is 0.416 e. The van der Waals surface area contributed by atoms with Gasteiger partial charge in [0.2, 0.25) is 0 Å². The van der Waals surface area contributed by atoms with Gasteiger partial charge in [-0.15, -0.1) is 0 Å². The van der Waals surface area contributed by atoms with E-state index in [4.69, 9.17) is 4.74 Å². The number of aromatic nitrogens is 6. The lowest BCUT2D eigenvalue weighted by molar-refractivity contribution is -0.137. The minimum absolute atomic E-state index is 0.108. The zero-order valence-electron chi connectivity index (χ0n) is 44.0. The van der Waals surface area contributed by atoms with Gasteiger partial charge in [-0.3, -0.25) is 44.1 Å².